The fourth-order valence-corrected chi connectivity index (χ4v) is 3.42. The lowest BCUT2D eigenvalue weighted by molar-refractivity contribution is 0.221. The Hall–Kier alpha value is -0.380. The fourth-order valence-electron chi connectivity index (χ4n) is 2.67. The molecular formula is C12H20N2S. The van der Waals surface area contributed by atoms with E-state index in [1.807, 2.05) is 11.3 Å². The Balaban J connectivity index is 2.03. The van der Waals surface area contributed by atoms with E-state index in [1.165, 1.54) is 30.6 Å². The highest BCUT2D eigenvalue weighted by atomic mass is 32.1. The summed E-state index contributed by atoms with van der Waals surface area (Å²) in [7, 11) is 0. The van der Waals surface area contributed by atoms with E-state index in [2.05, 4.69) is 29.9 Å². The lowest BCUT2D eigenvalue weighted by Crippen LogP contribution is -2.47. The molecule has 1 fully saturated rings. The first kappa shape index (κ1) is 11.1. The minimum atomic E-state index is 0.402. The van der Waals surface area contributed by atoms with Crippen LogP contribution in [0.1, 0.15) is 37.5 Å². The molecule has 0 aliphatic heterocycles. The third-order valence-corrected chi connectivity index (χ3v) is 4.67. The smallest absolute Gasteiger partial charge is 0.0312 e. The molecule has 1 atom stereocenters. The van der Waals surface area contributed by atoms with Crippen molar-refractivity contribution in [3.05, 3.63) is 22.4 Å². The molecule has 2 rings (SSSR count). The SMILES string of the molecule is CC1(C(Cc2cccs2)NN)CCCC1. The number of hydrogen-bond donors (Lipinski definition) is 2. The maximum Gasteiger partial charge on any atom is 0.0312 e. The van der Waals surface area contributed by atoms with Crippen LogP contribution < -0.4 is 11.3 Å². The molecule has 1 aliphatic carbocycles. The Morgan fingerprint density at radius 2 is 2.27 bits per heavy atom. The number of hydrazine groups is 1. The van der Waals surface area contributed by atoms with Crippen molar-refractivity contribution in [1.82, 2.24) is 5.43 Å². The van der Waals surface area contributed by atoms with Crippen LogP contribution in [0.25, 0.3) is 0 Å². The van der Waals surface area contributed by atoms with Crippen LogP contribution >= 0.6 is 11.3 Å². The molecule has 1 aromatic heterocycles. The Kier molecular flexibility index (Phi) is 3.44. The molecule has 1 aromatic rings. The van der Waals surface area contributed by atoms with Gasteiger partial charge >= 0.3 is 0 Å². The quantitative estimate of drug-likeness (QED) is 0.609. The van der Waals surface area contributed by atoms with E-state index in [1.54, 1.807) is 0 Å². The topological polar surface area (TPSA) is 38.0 Å². The second-order valence-corrected chi connectivity index (χ2v) is 5.90. The molecule has 0 spiro atoms. The summed E-state index contributed by atoms with van der Waals surface area (Å²) in [5.74, 6) is 5.71. The monoisotopic (exact) mass is 224 g/mol. The summed E-state index contributed by atoms with van der Waals surface area (Å²) >= 11 is 1.83. The average molecular weight is 224 g/mol. The molecule has 0 amide bonds. The number of hydrogen-bond acceptors (Lipinski definition) is 3. The van der Waals surface area contributed by atoms with Gasteiger partial charge in [-0.2, -0.15) is 0 Å². The van der Waals surface area contributed by atoms with Crippen LogP contribution in [-0.2, 0) is 6.42 Å². The Bertz CT molecular complexity index is 289. The van der Waals surface area contributed by atoms with E-state index in [0.717, 1.165) is 6.42 Å². The van der Waals surface area contributed by atoms with Crippen molar-refractivity contribution in [3.8, 4) is 0 Å². The zero-order valence-electron chi connectivity index (χ0n) is 9.33. The lowest BCUT2D eigenvalue weighted by atomic mass is 9.79. The van der Waals surface area contributed by atoms with Gasteiger partial charge in [-0.15, -0.1) is 11.3 Å². The van der Waals surface area contributed by atoms with Crippen LogP contribution in [0.3, 0.4) is 0 Å². The molecule has 1 heterocycles. The molecule has 3 heteroatoms. The maximum absolute atomic E-state index is 5.71. The van der Waals surface area contributed by atoms with Gasteiger partial charge in [0.1, 0.15) is 0 Å². The van der Waals surface area contributed by atoms with E-state index < -0.39 is 0 Å². The molecule has 15 heavy (non-hydrogen) atoms. The predicted molar refractivity (Wildman–Crippen MR) is 65.7 cm³/mol. The summed E-state index contributed by atoms with van der Waals surface area (Å²) in [6, 6.07) is 4.75. The lowest BCUT2D eigenvalue weighted by Gasteiger charge is -2.33. The number of rotatable bonds is 4. The third-order valence-electron chi connectivity index (χ3n) is 3.77. The molecule has 0 aromatic carbocycles. The van der Waals surface area contributed by atoms with Crippen molar-refractivity contribution in [2.24, 2.45) is 11.3 Å². The second-order valence-electron chi connectivity index (χ2n) is 4.86. The second kappa shape index (κ2) is 4.64. The molecular weight excluding hydrogens is 204 g/mol. The Morgan fingerprint density at radius 3 is 2.80 bits per heavy atom. The third kappa shape index (κ3) is 2.41. The van der Waals surface area contributed by atoms with Gasteiger partial charge in [-0.1, -0.05) is 25.8 Å². The molecule has 1 aliphatic rings. The van der Waals surface area contributed by atoms with E-state index in [-0.39, 0.29) is 0 Å². The number of nitrogens with one attached hydrogen (secondary N) is 1. The summed E-state index contributed by atoms with van der Waals surface area (Å²) in [5, 5.41) is 2.14. The highest BCUT2D eigenvalue weighted by Crippen LogP contribution is 2.41. The molecule has 1 saturated carbocycles. The largest absolute Gasteiger partial charge is 0.271 e. The van der Waals surface area contributed by atoms with Gasteiger partial charge in [-0.25, -0.2) is 0 Å². The van der Waals surface area contributed by atoms with Gasteiger partial charge in [0, 0.05) is 10.9 Å². The van der Waals surface area contributed by atoms with Crippen molar-refractivity contribution in [1.29, 1.82) is 0 Å². The number of nitrogens with two attached hydrogens (primary N) is 1. The average Bonchev–Trinajstić information content (AvgIpc) is 2.85. The molecule has 84 valence electrons. The van der Waals surface area contributed by atoms with Gasteiger partial charge < -0.3 is 0 Å². The summed E-state index contributed by atoms with van der Waals surface area (Å²) in [6.45, 7) is 2.37. The van der Waals surface area contributed by atoms with E-state index in [9.17, 15) is 0 Å². The van der Waals surface area contributed by atoms with Crippen LogP contribution in [0, 0.1) is 5.41 Å². The maximum atomic E-state index is 5.71. The van der Waals surface area contributed by atoms with Crippen LogP contribution in [0.5, 0.6) is 0 Å². The predicted octanol–water partition coefficient (Wildman–Crippen LogP) is 2.70. The standard InChI is InChI=1S/C12H20N2S/c1-12(6-2-3-7-12)11(14-13)9-10-5-4-8-15-10/h4-5,8,11,14H,2-3,6-7,9,13H2,1H3. The summed E-state index contributed by atoms with van der Waals surface area (Å²) in [4.78, 5) is 1.44. The van der Waals surface area contributed by atoms with Gasteiger partial charge in [0.15, 0.2) is 0 Å². The van der Waals surface area contributed by atoms with Crippen molar-refractivity contribution in [2.45, 2.75) is 45.1 Å². The molecule has 0 radical (unpaired) electrons. The first-order chi connectivity index (χ1) is 7.24. The van der Waals surface area contributed by atoms with Crippen molar-refractivity contribution < 1.29 is 0 Å². The van der Waals surface area contributed by atoms with Crippen LogP contribution in [0.2, 0.25) is 0 Å². The van der Waals surface area contributed by atoms with Gasteiger partial charge in [-0.05, 0) is 36.1 Å². The molecule has 1 unspecified atom stereocenters. The normalized spacial score (nSPS) is 21.7. The minimum absolute atomic E-state index is 0.402. The Morgan fingerprint density at radius 1 is 1.53 bits per heavy atom. The number of thiophene rings is 1. The zero-order chi connectivity index (χ0) is 10.7. The van der Waals surface area contributed by atoms with Crippen molar-refractivity contribution in [2.75, 3.05) is 0 Å². The van der Waals surface area contributed by atoms with Crippen molar-refractivity contribution in [3.63, 3.8) is 0 Å². The summed E-state index contributed by atoms with van der Waals surface area (Å²) in [5.41, 5.74) is 3.43. The Labute approximate surface area is 95.8 Å². The minimum Gasteiger partial charge on any atom is -0.271 e. The molecule has 0 saturated heterocycles. The highest BCUT2D eigenvalue weighted by Gasteiger charge is 2.36. The van der Waals surface area contributed by atoms with Gasteiger partial charge in [-0.3, -0.25) is 11.3 Å². The molecule has 3 N–H and O–H groups in total. The van der Waals surface area contributed by atoms with Gasteiger partial charge in [0.25, 0.3) is 0 Å². The van der Waals surface area contributed by atoms with E-state index in [0.29, 0.717) is 11.5 Å². The molecule has 2 nitrogen and oxygen atoms in total. The van der Waals surface area contributed by atoms with Gasteiger partial charge in [0.05, 0.1) is 0 Å². The highest BCUT2D eigenvalue weighted by molar-refractivity contribution is 7.09. The van der Waals surface area contributed by atoms with Crippen LogP contribution in [0.15, 0.2) is 17.5 Å². The van der Waals surface area contributed by atoms with E-state index >= 15 is 0 Å². The van der Waals surface area contributed by atoms with Crippen LogP contribution in [-0.4, -0.2) is 6.04 Å². The first-order valence-electron chi connectivity index (χ1n) is 5.73. The van der Waals surface area contributed by atoms with Crippen LogP contribution in [0.4, 0.5) is 0 Å². The summed E-state index contributed by atoms with van der Waals surface area (Å²) in [6.07, 6.45) is 6.42. The fraction of sp³-hybridized carbons (Fsp3) is 0.667. The van der Waals surface area contributed by atoms with Crippen molar-refractivity contribution >= 4 is 11.3 Å². The first-order valence-corrected chi connectivity index (χ1v) is 6.61. The molecule has 0 bridgehead atoms. The summed E-state index contributed by atoms with van der Waals surface area (Å²) < 4.78 is 0. The van der Waals surface area contributed by atoms with Gasteiger partial charge in [0.2, 0.25) is 0 Å². The van der Waals surface area contributed by atoms with E-state index in [4.69, 9.17) is 5.84 Å². The zero-order valence-corrected chi connectivity index (χ0v) is 10.1.